The van der Waals surface area contributed by atoms with Crippen LogP contribution in [0.2, 0.25) is 0 Å². The first-order valence-electron chi connectivity index (χ1n) is 6.78. The van der Waals surface area contributed by atoms with Crippen LogP contribution in [0.1, 0.15) is 52.4 Å². The molecule has 1 saturated carbocycles. The summed E-state index contributed by atoms with van der Waals surface area (Å²) < 4.78 is 0. The Bertz CT molecular complexity index is 254. The standard InChI is InChI=1S/C13H24N2O/c1-3-6-12-14-9-13(16)15(12)11-8-5-4-7-10(11)2/h10-12,14H,3-9H2,1-2H3. The Hall–Kier alpha value is -0.570. The van der Waals surface area contributed by atoms with Gasteiger partial charge in [-0.1, -0.05) is 33.1 Å². The van der Waals surface area contributed by atoms with Gasteiger partial charge in [-0.2, -0.15) is 0 Å². The zero-order chi connectivity index (χ0) is 11.5. The molecule has 0 spiro atoms. The first-order valence-corrected chi connectivity index (χ1v) is 6.78. The monoisotopic (exact) mass is 224 g/mol. The van der Waals surface area contributed by atoms with Crippen molar-refractivity contribution in [3.05, 3.63) is 0 Å². The SMILES string of the molecule is CCCC1NCC(=O)N1C1CCCCC1C. The van der Waals surface area contributed by atoms with Gasteiger partial charge in [0, 0.05) is 6.04 Å². The summed E-state index contributed by atoms with van der Waals surface area (Å²) in [6, 6.07) is 0.493. The molecule has 2 fully saturated rings. The normalized spacial score (nSPS) is 35.8. The lowest BCUT2D eigenvalue weighted by molar-refractivity contribution is -0.132. The predicted molar refractivity (Wildman–Crippen MR) is 65.0 cm³/mol. The molecule has 1 amide bonds. The van der Waals surface area contributed by atoms with Crippen LogP contribution >= 0.6 is 0 Å². The summed E-state index contributed by atoms with van der Waals surface area (Å²) >= 11 is 0. The molecule has 0 aromatic carbocycles. The Morgan fingerprint density at radius 2 is 2.12 bits per heavy atom. The van der Waals surface area contributed by atoms with Gasteiger partial charge in [0.2, 0.25) is 5.91 Å². The van der Waals surface area contributed by atoms with Crippen LogP contribution < -0.4 is 5.32 Å². The van der Waals surface area contributed by atoms with E-state index in [4.69, 9.17) is 0 Å². The van der Waals surface area contributed by atoms with Crippen molar-refractivity contribution >= 4 is 5.91 Å². The van der Waals surface area contributed by atoms with E-state index in [0.29, 0.717) is 30.6 Å². The highest BCUT2D eigenvalue weighted by Crippen LogP contribution is 2.31. The molecule has 1 N–H and O–H groups in total. The number of amides is 1. The Kier molecular flexibility index (Phi) is 3.85. The van der Waals surface area contributed by atoms with Gasteiger partial charge in [0.1, 0.15) is 0 Å². The highest BCUT2D eigenvalue weighted by molar-refractivity contribution is 5.81. The van der Waals surface area contributed by atoms with Crippen molar-refractivity contribution in [2.24, 2.45) is 5.92 Å². The molecular weight excluding hydrogens is 200 g/mol. The molecule has 3 atom stereocenters. The second kappa shape index (κ2) is 5.17. The second-order valence-corrected chi connectivity index (χ2v) is 5.32. The number of hydrogen-bond acceptors (Lipinski definition) is 2. The molecule has 1 aliphatic heterocycles. The van der Waals surface area contributed by atoms with Crippen LogP contribution in [-0.4, -0.2) is 29.6 Å². The van der Waals surface area contributed by atoms with E-state index in [2.05, 4.69) is 24.1 Å². The molecular formula is C13H24N2O. The predicted octanol–water partition coefficient (Wildman–Crippen LogP) is 2.12. The van der Waals surface area contributed by atoms with Gasteiger partial charge in [-0.15, -0.1) is 0 Å². The average Bonchev–Trinajstić information content (AvgIpc) is 2.62. The van der Waals surface area contributed by atoms with Gasteiger partial charge in [-0.25, -0.2) is 0 Å². The highest BCUT2D eigenvalue weighted by atomic mass is 16.2. The molecule has 3 unspecified atom stereocenters. The van der Waals surface area contributed by atoms with Crippen LogP contribution in [0.15, 0.2) is 0 Å². The lowest BCUT2D eigenvalue weighted by Gasteiger charge is -2.39. The van der Waals surface area contributed by atoms with Gasteiger partial charge in [0.15, 0.2) is 0 Å². The summed E-state index contributed by atoms with van der Waals surface area (Å²) in [6.45, 7) is 5.04. The highest BCUT2D eigenvalue weighted by Gasteiger charge is 2.38. The molecule has 0 aromatic rings. The molecule has 2 rings (SSSR count). The average molecular weight is 224 g/mol. The van der Waals surface area contributed by atoms with Gasteiger partial charge < -0.3 is 4.90 Å². The summed E-state index contributed by atoms with van der Waals surface area (Å²) in [4.78, 5) is 14.1. The molecule has 1 saturated heterocycles. The van der Waals surface area contributed by atoms with Crippen molar-refractivity contribution in [3.8, 4) is 0 Å². The molecule has 3 nitrogen and oxygen atoms in total. The third kappa shape index (κ3) is 2.24. The van der Waals surface area contributed by atoms with Crippen LogP contribution in [0.4, 0.5) is 0 Å². The van der Waals surface area contributed by atoms with Crippen molar-refractivity contribution in [2.75, 3.05) is 6.54 Å². The number of nitrogens with zero attached hydrogens (tertiary/aromatic N) is 1. The van der Waals surface area contributed by atoms with Crippen molar-refractivity contribution in [1.82, 2.24) is 10.2 Å². The van der Waals surface area contributed by atoms with Crippen molar-refractivity contribution in [3.63, 3.8) is 0 Å². The minimum atomic E-state index is 0.308. The lowest BCUT2D eigenvalue weighted by atomic mass is 9.84. The molecule has 2 aliphatic rings. The topological polar surface area (TPSA) is 32.3 Å². The summed E-state index contributed by atoms with van der Waals surface area (Å²) in [5.41, 5.74) is 0. The van der Waals surface area contributed by atoms with Crippen molar-refractivity contribution < 1.29 is 4.79 Å². The van der Waals surface area contributed by atoms with E-state index in [0.717, 1.165) is 12.8 Å². The minimum Gasteiger partial charge on any atom is -0.323 e. The molecule has 92 valence electrons. The quantitative estimate of drug-likeness (QED) is 0.796. The maximum atomic E-state index is 12.0. The van der Waals surface area contributed by atoms with Gasteiger partial charge in [-0.05, 0) is 25.2 Å². The minimum absolute atomic E-state index is 0.308. The van der Waals surface area contributed by atoms with Gasteiger partial charge >= 0.3 is 0 Å². The third-order valence-electron chi connectivity index (χ3n) is 4.10. The zero-order valence-electron chi connectivity index (χ0n) is 10.5. The Labute approximate surface area is 98.6 Å². The Morgan fingerprint density at radius 1 is 1.38 bits per heavy atom. The third-order valence-corrected chi connectivity index (χ3v) is 4.10. The molecule has 0 aromatic heterocycles. The largest absolute Gasteiger partial charge is 0.323 e. The molecule has 0 bridgehead atoms. The van der Waals surface area contributed by atoms with E-state index in [9.17, 15) is 4.79 Å². The first-order chi connectivity index (χ1) is 7.74. The van der Waals surface area contributed by atoms with Crippen LogP contribution in [-0.2, 0) is 4.79 Å². The fourth-order valence-electron chi connectivity index (χ4n) is 3.21. The number of hydrogen-bond donors (Lipinski definition) is 1. The molecule has 16 heavy (non-hydrogen) atoms. The maximum Gasteiger partial charge on any atom is 0.238 e. The fraction of sp³-hybridized carbons (Fsp3) is 0.923. The van der Waals surface area contributed by atoms with Crippen LogP contribution in [0, 0.1) is 5.92 Å². The van der Waals surface area contributed by atoms with Gasteiger partial charge in [0.05, 0.1) is 12.7 Å². The van der Waals surface area contributed by atoms with E-state index >= 15 is 0 Å². The van der Waals surface area contributed by atoms with Crippen LogP contribution in [0.3, 0.4) is 0 Å². The first kappa shape index (κ1) is 11.9. The molecule has 3 heteroatoms. The Balaban J connectivity index is 2.06. The summed E-state index contributed by atoms with van der Waals surface area (Å²) in [6.07, 6.45) is 7.66. The Morgan fingerprint density at radius 3 is 2.81 bits per heavy atom. The number of rotatable bonds is 3. The van der Waals surface area contributed by atoms with Crippen LogP contribution in [0.5, 0.6) is 0 Å². The van der Waals surface area contributed by atoms with Crippen LogP contribution in [0.25, 0.3) is 0 Å². The second-order valence-electron chi connectivity index (χ2n) is 5.32. The van der Waals surface area contributed by atoms with E-state index in [1.807, 2.05) is 0 Å². The number of nitrogens with one attached hydrogen (secondary N) is 1. The van der Waals surface area contributed by atoms with E-state index in [1.165, 1.54) is 25.7 Å². The number of carbonyl (C=O) groups excluding carboxylic acids is 1. The fourth-order valence-corrected chi connectivity index (χ4v) is 3.21. The summed E-state index contributed by atoms with van der Waals surface area (Å²) in [5, 5.41) is 3.35. The maximum absolute atomic E-state index is 12.0. The molecule has 1 aliphatic carbocycles. The van der Waals surface area contributed by atoms with Crippen molar-refractivity contribution in [1.29, 1.82) is 0 Å². The zero-order valence-corrected chi connectivity index (χ0v) is 10.5. The van der Waals surface area contributed by atoms with E-state index in [-0.39, 0.29) is 0 Å². The van der Waals surface area contributed by atoms with Gasteiger partial charge in [0.25, 0.3) is 0 Å². The summed E-state index contributed by atoms with van der Waals surface area (Å²) in [5.74, 6) is 0.995. The lowest BCUT2D eigenvalue weighted by Crippen LogP contribution is -2.48. The van der Waals surface area contributed by atoms with Gasteiger partial charge in [-0.3, -0.25) is 10.1 Å². The molecule has 1 heterocycles. The number of carbonyl (C=O) groups is 1. The smallest absolute Gasteiger partial charge is 0.238 e. The summed E-state index contributed by atoms with van der Waals surface area (Å²) in [7, 11) is 0. The van der Waals surface area contributed by atoms with E-state index < -0.39 is 0 Å². The molecule has 0 radical (unpaired) electrons. The van der Waals surface area contributed by atoms with E-state index in [1.54, 1.807) is 0 Å². The van der Waals surface area contributed by atoms with Crippen molar-refractivity contribution in [2.45, 2.75) is 64.6 Å².